The van der Waals surface area contributed by atoms with Crippen LogP contribution in [0.5, 0.6) is 0 Å². The van der Waals surface area contributed by atoms with Gasteiger partial charge in [-0.05, 0) is 39.5 Å². The van der Waals surface area contributed by atoms with E-state index >= 15 is 0 Å². The molecule has 8 atom stereocenters. The van der Waals surface area contributed by atoms with Gasteiger partial charge in [0.15, 0.2) is 6.29 Å². The molecule has 0 bridgehead atoms. The molecule has 11 heteroatoms. The van der Waals surface area contributed by atoms with Crippen molar-refractivity contribution in [2.24, 2.45) is 0 Å². The summed E-state index contributed by atoms with van der Waals surface area (Å²) in [6, 6.07) is 0. The van der Waals surface area contributed by atoms with Crippen LogP contribution in [0.2, 0.25) is 0 Å². The van der Waals surface area contributed by atoms with Crippen molar-refractivity contribution in [2.75, 3.05) is 26.4 Å². The van der Waals surface area contributed by atoms with Crippen molar-refractivity contribution < 1.29 is 49.3 Å². The zero-order valence-electron chi connectivity index (χ0n) is 19.5. The van der Waals surface area contributed by atoms with Gasteiger partial charge in [0.1, 0.15) is 30.5 Å². The largest absolute Gasteiger partial charge is 0.394 e. The summed E-state index contributed by atoms with van der Waals surface area (Å²) in [6.07, 6.45) is -3.70. The number of aliphatic hydroxyl groups excluding tert-OH is 5. The van der Waals surface area contributed by atoms with Crippen LogP contribution in [-0.4, -0.2) is 113 Å². The number of carbonyl (C=O) groups is 1. The van der Waals surface area contributed by atoms with Gasteiger partial charge in [0.25, 0.3) is 0 Å². The van der Waals surface area contributed by atoms with Crippen molar-refractivity contribution >= 4 is 5.91 Å². The fourth-order valence-corrected chi connectivity index (χ4v) is 3.88. The van der Waals surface area contributed by atoms with Crippen molar-refractivity contribution in [2.45, 2.75) is 107 Å². The van der Waals surface area contributed by atoms with Gasteiger partial charge < -0.3 is 49.8 Å². The third-order valence-electron chi connectivity index (χ3n) is 5.85. The van der Waals surface area contributed by atoms with Gasteiger partial charge in [0.2, 0.25) is 5.91 Å². The highest BCUT2D eigenvalue weighted by Crippen LogP contribution is 2.24. The average molecular weight is 480 g/mol. The molecule has 2 heterocycles. The number of unbranched alkanes of at least 4 members (excludes halogenated alkanes) is 1. The molecule has 1 unspecified atom stereocenters. The molecule has 0 radical (unpaired) electrons. The number of aliphatic hydroxyl groups is 5. The quantitative estimate of drug-likeness (QED) is 0.167. The highest BCUT2D eigenvalue weighted by Gasteiger charge is 2.43. The van der Waals surface area contributed by atoms with Crippen molar-refractivity contribution in [1.29, 1.82) is 0 Å². The minimum Gasteiger partial charge on any atom is -0.394 e. The third-order valence-corrected chi connectivity index (χ3v) is 5.85. The molecule has 2 saturated heterocycles. The summed E-state index contributed by atoms with van der Waals surface area (Å²) in [6.45, 7) is 4.48. The summed E-state index contributed by atoms with van der Waals surface area (Å²) in [7, 11) is 0. The van der Waals surface area contributed by atoms with Crippen LogP contribution in [0.15, 0.2) is 0 Å². The van der Waals surface area contributed by atoms with E-state index in [0.29, 0.717) is 38.8 Å². The van der Waals surface area contributed by atoms with Crippen LogP contribution in [0.4, 0.5) is 0 Å². The molecule has 6 N–H and O–H groups in total. The second kappa shape index (κ2) is 14.5. The molecule has 2 rings (SSSR count). The highest BCUT2D eigenvalue weighted by molar-refractivity contribution is 5.75. The SMILES string of the molecule is CC(C)OC[C@H]1O[C@@H](CCCNC(=O)CCCCO[C@H]2O[C@H](CO)[C@@H](O)[C@H](O)[C@@H]2O)CC1O. The molecule has 0 aromatic rings. The minimum absolute atomic E-state index is 0.0303. The number of hydrogen-bond donors (Lipinski definition) is 6. The molecule has 0 saturated carbocycles. The standard InChI is InChI=1S/C22H41NO10/c1-13(2)31-12-17-15(25)10-14(32-17)6-5-8-23-18(26)7-3-4-9-30-22-21(29)20(28)19(27)16(11-24)33-22/h13-17,19-22,24-25,27-29H,3-12H2,1-2H3,(H,23,26)/t14-,15?,16+,17+,19+,20-,21-,22-/m0/s1. The van der Waals surface area contributed by atoms with E-state index < -0.39 is 43.4 Å². The number of rotatable bonds is 14. The maximum Gasteiger partial charge on any atom is 0.219 e. The predicted octanol–water partition coefficient (Wildman–Crippen LogP) is -1.19. The van der Waals surface area contributed by atoms with Crippen LogP contribution >= 0.6 is 0 Å². The molecule has 2 fully saturated rings. The Morgan fingerprint density at radius 1 is 1.03 bits per heavy atom. The van der Waals surface area contributed by atoms with E-state index in [-0.39, 0.29) is 30.8 Å². The Bertz CT molecular complexity index is 563. The van der Waals surface area contributed by atoms with E-state index in [9.17, 15) is 25.2 Å². The van der Waals surface area contributed by atoms with Gasteiger partial charge in [-0.3, -0.25) is 4.79 Å². The first-order valence-electron chi connectivity index (χ1n) is 11.9. The lowest BCUT2D eigenvalue weighted by atomic mass is 9.99. The van der Waals surface area contributed by atoms with Crippen LogP contribution in [0.25, 0.3) is 0 Å². The molecule has 11 nitrogen and oxygen atoms in total. The normalized spacial score (nSPS) is 34.7. The number of nitrogens with one attached hydrogen (secondary N) is 1. The van der Waals surface area contributed by atoms with Crippen molar-refractivity contribution in [3.63, 3.8) is 0 Å². The molecular weight excluding hydrogens is 438 g/mol. The van der Waals surface area contributed by atoms with Crippen molar-refractivity contribution in [3.05, 3.63) is 0 Å². The van der Waals surface area contributed by atoms with Gasteiger partial charge >= 0.3 is 0 Å². The Morgan fingerprint density at radius 2 is 1.79 bits per heavy atom. The number of carbonyl (C=O) groups excluding carboxylic acids is 1. The molecule has 0 aromatic carbocycles. The second-order valence-corrected chi connectivity index (χ2v) is 9.00. The minimum atomic E-state index is -1.47. The number of amides is 1. The molecule has 2 aliphatic heterocycles. The molecule has 33 heavy (non-hydrogen) atoms. The Morgan fingerprint density at radius 3 is 2.48 bits per heavy atom. The predicted molar refractivity (Wildman–Crippen MR) is 116 cm³/mol. The van der Waals surface area contributed by atoms with E-state index in [4.69, 9.17) is 24.1 Å². The molecule has 194 valence electrons. The number of hydrogen-bond acceptors (Lipinski definition) is 10. The first kappa shape index (κ1) is 28.3. The first-order chi connectivity index (χ1) is 15.7. The Kier molecular flexibility index (Phi) is 12.5. The van der Waals surface area contributed by atoms with E-state index in [0.717, 1.165) is 12.8 Å². The van der Waals surface area contributed by atoms with Crippen LogP contribution in [0.3, 0.4) is 0 Å². The van der Waals surface area contributed by atoms with E-state index in [1.165, 1.54) is 0 Å². The summed E-state index contributed by atoms with van der Waals surface area (Å²) >= 11 is 0. The second-order valence-electron chi connectivity index (χ2n) is 9.00. The van der Waals surface area contributed by atoms with Gasteiger partial charge in [0.05, 0.1) is 31.5 Å². The van der Waals surface area contributed by atoms with Crippen LogP contribution in [-0.2, 0) is 23.7 Å². The zero-order valence-corrected chi connectivity index (χ0v) is 19.5. The Hall–Kier alpha value is -0.890. The summed E-state index contributed by atoms with van der Waals surface area (Å²) < 4.78 is 22.0. The summed E-state index contributed by atoms with van der Waals surface area (Å²) in [5.41, 5.74) is 0. The molecule has 0 spiro atoms. The zero-order chi connectivity index (χ0) is 24.4. The van der Waals surface area contributed by atoms with Gasteiger partial charge in [0, 0.05) is 26.0 Å². The van der Waals surface area contributed by atoms with Gasteiger partial charge in [-0.15, -0.1) is 0 Å². The average Bonchev–Trinajstić information content (AvgIpc) is 3.14. The summed E-state index contributed by atoms with van der Waals surface area (Å²) in [5, 5.41) is 51.5. The van der Waals surface area contributed by atoms with Gasteiger partial charge in [-0.2, -0.15) is 0 Å². The maximum atomic E-state index is 12.0. The third kappa shape index (κ3) is 9.35. The summed E-state index contributed by atoms with van der Waals surface area (Å²) in [5.74, 6) is -0.0709. The lowest BCUT2D eigenvalue weighted by Crippen LogP contribution is -2.59. The maximum absolute atomic E-state index is 12.0. The van der Waals surface area contributed by atoms with Crippen LogP contribution in [0, 0.1) is 0 Å². The van der Waals surface area contributed by atoms with Crippen LogP contribution in [0.1, 0.15) is 52.4 Å². The molecule has 0 aliphatic carbocycles. The lowest BCUT2D eigenvalue weighted by molar-refractivity contribution is -0.301. The lowest BCUT2D eigenvalue weighted by Gasteiger charge is -2.39. The monoisotopic (exact) mass is 479 g/mol. The molecular formula is C22H41NO10. The van der Waals surface area contributed by atoms with Crippen molar-refractivity contribution in [3.8, 4) is 0 Å². The van der Waals surface area contributed by atoms with E-state index in [1.54, 1.807) is 0 Å². The van der Waals surface area contributed by atoms with E-state index in [1.807, 2.05) is 13.8 Å². The Labute approximate surface area is 195 Å². The first-order valence-corrected chi connectivity index (χ1v) is 11.9. The fraction of sp³-hybridized carbons (Fsp3) is 0.955. The van der Waals surface area contributed by atoms with E-state index in [2.05, 4.69) is 5.32 Å². The molecule has 2 aliphatic rings. The van der Waals surface area contributed by atoms with Crippen molar-refractivity contribution in [1.82, 2.24) is 5.32 Å². The summed E-state index contributed by atoms with van der Waals surface area (Å²) in [4.78, 5) is 12.0. The molecule has 0 aromatic heterocycles. The highest BCUT2D eigenvalue weighted by atomic mass is 16.7. The topological polar surface area (TPSA) is 167 Å². The van der Waals surface area contributed by atoms with Gasteiger partial charge in [-0.1, -0.05) is 0 Å². The molecule has 1 amide bonds. The van der Waals surface area contributed by atoms with Gasteiger partial charge in [-0.25, -0.2) is 0 Å². The number of ether oxygens (including phenoxy) is 4. The Balaban J connectivity index is 1.50. The smallest absolute Gasteiger partial charge is 0.219 e. The fourth-order valence-electron chi connectivity index (χ4n) is 3.88. The van der Waals surface area contributed by atoms with Crippen LogP contribution < -0.4 is 5.32 Å².